The highest BCUT2D eigenvalue weighted by molar-refractivity contribution is 6.07. The molecule has 45 heavy (non-hydrogen) atoms. The Balaban J connectivity index is 1.25. The molecular weight excluding hydrogens is 576 g/mol. The number of carbonyl (C=O) groups is 4. The fourth-order valence-electron chi connectivity index (χ4n) is 5.65. The van der Waals surface area contributed by atoms with Crippen molar-refractivity contribution in [2.45, 2.75) is 45.7 Å². The lowest BCUT2D eigenvalue weighted by molar-refractivity contribution is -0.132. The van der Waals surface area contributed by atoms with Crippen molar-refractivity contribution in [3.63, 3.8) is 0 Å². The molecule has 2 aromatic carbocycles. The molecule has 2 atom stereocenters. The van der Waals surface area contributed by atoms with E-state index in [0.717, 1.165) is 34.7 Å². The Kier molecular flexibility index (Phi) is 10.4. The van der Waals surface area contributed by atoms with Gasteiger partial charge in [0.1, 0.15) is 12.6 Å². The number of hydrogen-bond acceptors (Lipinski definition) is 9. The van der Waals surface area contributed by atoms with E-state index in [1.54, 1.807) is 18.7 Å². The fraction of sp³-hybridized carbons (Fsp3) is 0.455. The van der Waals surface area contributed by atoms with Crippen molar-refractivity contribution >= 4 is 23.6 Å². The molecule has 4 amide bonds. The molecule has 12 heteroatoms. The summed E-state index contributed by atoms with van der Waals surface area (Å²) in [5.41, 5.74) is 2.97. The molecule has 2 aliphatic heterocycles. The first-order chi connectivity index (χ1) is 21.7. The molecule has 3 heterocycles. The molecule has 0 radical (unpaired) electrons. The summed E-state index contributed by atoms with van der Waals surface area (Å²) < 4.78 is 11.1. The summed E-state index contributed by atoms with van der Waals surface area (Å²) in [7, 11) is 0. The standard InChI is InChI=1S/C33H40N6O6/c1-22(2)29(30(41)31-36-35-28(45-31)20-25-11-7-8-23(3)18-25)34-27(40)21-39-32(42)26(19-24-9-5-4-6-10-24)38(33(39)43)13-12-37-14-16-44-17-15-37/h4-11,18,22,26,29H,12-17,19-21H2,1-3H3,(H,34,40)/t26-,29+/m1/s1. The zero-order chi connectivity index (χ0) is 31.9. The van der Waals surface area contributed by atoms with Crippen LogP contribution in [0.2, 0.25) is 0 Å². The third-order valence-corrected chi connectivity index (χ3v) is 8.12. The normalized spacial score (nSPS) is 18.1. The Morgan fingerprint density at radius 3 is 2.42 bits per heavy atom. The molecule has 2 saturated heterocycles. The van der Waals surface area contributed by atoms with Gasteiger partial charge in [0.25, 0.3) is 11.8 Å². The molecule has 0 bridgehead atoms. The van der Waals surface area contributed by atoms with Crippen molar-refractivity contribution in [2.24, 2.45) is 5.92 Å². The topological polar surface area (TPSA) is 138 Å². The van der Waals surface area contributed by atoms with E-state index in [4.69, 9.17) is 9.15 Å². The Morgan fingerprint density at radius 2 is 1.71 bits per heavy atom. The van der Waals surface area contributed by atoms with Gasteiger partial charge in [-0.25, -0.2) is 4.79 Å². The van der Waals surface area contributed by atoms with Crippen molar-refractivity contribution in [3.8, 4) is 0 Å². The molecule has 1 N–H and O–H groups in total. The minimum Gasteiger partial charge on any atom is -0.418 e. The fourth-order valence-corrected chi connectivity index (χ4v) is 5.65. The SMILES string of the molecule is Cc1cccc(Cc2nnc(C(=O)[C@@H](NC(=O)CN3C(=O)[C@@H](Cc4ccccc4)N(CCN4CCOCC4)C3=O)C(C)C)o2)c1. The van der Waals surface area contributed by atoms with E-state index in [-0.39, 0.29) is 17.7 Å². The van der Waals surface area contributed by atoms with Gasteiger partial charge in [-0.15, -0.1) is 10.2 Å². The highest BCUT2D eigenvalue weighted by atomic mass is 16.5. The van der Waals surface area contributed by atoms with Crippen LogP contribution in [0.15, 0.2) is 59.0 Å². The van der Waals surface area contributed by atoms with Gasteiger partial charge in [-0.3, -0.25) is 24.2 Å². The number of ether oxygens (including phenoxy) is 1. The summed E-state index contributed by atoms with van der Waals surface area (Å²) in [5.74, 6) is -1.85. The van der Waals surface area contributed by atoms with Gasteiger partial charge in [0, 0.05) is 32.6 Å². The second-order valence-corrected chi connectivity index (χ2v) is 11.9. The van der Waals surface area contributed by atoms with Gasteiger partial charge in [-0.05, 0) is 24.0 Å². The smallest absolute Gasteiger partial charge is 0.327 e. The van der Waals surface area contributed by atoms with E-state index in [1.807, 2.05) is 61.5 Å². The molecule has 3 aromatic rings. The third kappa shape index (κ3) is 8.00. The summed E-state index contributed by atoms with van der Waals surface area (Å²) in [6.45, 7) is 8.73. The average Bonchev–Trinajstić information content (AvgIpc) is 3.58. The van der Waals surface area contributed by atoms with Crippen molar-refractivity contribution < 1.29 is 28.3 Å². The van der Waals surface area contributed by atoms with Crippen molar-refractivity contribution in [2.75, 3.05) is 45.9 Å². The minimum absolute atomic E-state index is 0.206. The molecular formula is C33H40N6O6. The van der Waals surface area contributed by atoms with Gasteiger partial charge in [0.15, 0.2) is 0 Å². The van der Waals surface area contributed by atoms with E-state index in [1.165, 1.54) is 0 Å². The highest BCUT2D eigenvalue weighted by Crippen LogP contribution is 2.22. The van der Waals surface area contributed by atoms with Gasteiger partial charge in [-0.1, -0.05) is 74.0 Å². The molecule has 0 saturated carbocycles. The number of rotatable bonds is 13. The summed E-state index contributed by atoms with van der Waals surface area (Å²) >= 11 is 0. The maximum absolute atomic E-state index is 13.6. The number of ketones is 1. The molecule has 0 aliphatic carbocycles. The van der Waals surface area contributed by atoms with Crippen LogP contribution in [-0.4, -0.2) is 107 Å². The van der Waals surface area contributed by atoms with E-state index in [2.05, 4.69) is 20.4 Å². The average molecular weight is 617 g/mol. The lowest BCUT2D eigenvalue weighted by Crippen LogP contribution is -2.49. The maximum Gasteiger partial charge on any atom is 0.327 e. The van der Waals surface area contributed by atoms with E-state index in [0.29, 0.717) is 39.1 Å². The minimum atomic E-state index is -0.991. The number of aromatic nitrogens is 2. The number of nitrogens with zero attached hydrogens (tertiary/aromatic N) is 5. The van der Waals surface area contributed by atoms with Gasteiger partial charge in [0.05, 0.1) is 25.7 Å². The van der Waals surface area contributed by atoms with Crippen LogP contribution in [-0.2, 0) is 27.2 Å². The van der Waals surface area contributed by atoms with Crippen molar-refractivity contribution in [1.29, 1.82) is 0 Å². The van der Waals surface area contributed by atoms with Crippen LogP contribution >= 0.6 is 0 Å². The second-order valence-electron chi connectivity index (χ2n) is 11.9. The van der Waals surface area contributed by atoms with E-state index < -0.39 is 42.3 Å². The molecule has 0 unspecified atom stereocenters. The lowest BCUT2D eigenvalue weighted by atomic mass is 9.99. The summed E-state index contributed by atoms with van der Waals surface area (Å²) in [6, 6.07) is 15.1. The molecule has 1 aromatic heterocycles. The molecule has 0 spiro atoms. The number of morpholine rings is 1. The quantitative estimate of drug-likeness (QED) is 0.227. The van der Waals surface area contributed by atoms with Gasteiger partial charge >= 0.3 is 6.03 Å². The molecule has 12 nitrogen and oxygen atoms in total. The number of imide groups is 1. The first kappa shape index (κ1) is 32.0. The molecule has 2 aliphatic rings. The zero-order valence-corrected chi connectivity index (χ0v) is 26.0. The van der Waals surface area contributed by atoms with Crippen LogP contribution < -0.4 is 5.32 Å². The molecule has 2 fully saturated rings. The number of Topliss-reactive ketones (excluding diaryl/α,β-unsaturated/α-hetero) is 1. The summed E-state index contributed by atoms with van der Waals surface area (Å²) in [4.78, 5) is 58.6. The number of urea groups is 1. The number of hydrogen-bond donors (Lipinski definition) is 1. The van der Waals surface area contributed by atoms with Gasteiger partial charge < -0.3 is 19.4 Å². The van der Waals surface area contributed by atoms with Crippen LogP contribution in [0.3, 0.4) is 0 Å². The number of aryl methyl sites for hydroxylation is 1. The van der Waals surface area contributed by atoms with Crippen LogP contribution in [0.4, 0.5) is 4.79 Å². The van der Waals surface area contributed by atoms with Gasteiger partial charge in [0.2, 0.25) is 17.6 Å². The van der Waals surface area contributed by atoms with Crippen LogP contribution in [0.25, 0.3) is 0 Å². The van der Waals surface area contributed by atoms with Crippen LogP contribution in [0, 0.1) is 12.8 Å². The van der Waals surface area contributed by atoms with Crippen LogP contribution in [0.1, 0.15) is 47.1 Å². The van der Waals surface area contributed by atoms with E-state index in [9.17, 15) is 19.2 Å². The Morgan fingerprint density at radius 1 is 0.978 bits per heavy atom. The molecule has 238 valence electrons. The first-order valence-electron chi connectivity index (χ1n) is 15.4. The molecule has 5 rings (SSSR count). The third-order valence-electron chi connectivity index (χ3n) is 8.12. The number of nitrogens with one attached hydrogen (secondary N) is 1. The zero-order valence-electron chi connectivity index (χ0n) is 26.0. The maximum atomic E-state index is 13.6. The Labute approximate surface area is 262 Å². The Hall–Kier alpha value is -4.42. The number of benzene rings is 2. The monoisotopic (exact) mass is 616 g/mol. The van der Waals surface area contributed by atoms with Crippen molar-refractivity contribution in [3.05, 3.63) is 83.1 Å². The van der Waals surface area contributed by atoms with E-state index >= 15 is 0 Å². The largest absolute Gasteiger partial charge is 0.418 e. The number of amides is 4. The highest BCUT2D eigenvalue weighted by Gasteiger charge is 2.46. The number of carbonyl (C=O) groups excluding carboxylic acids is 4. The predicted octanol–water partition coefficient (Wildman–Crippen LogP) is 2.50. The Bertz CT molecular complexity index is 1500. The summed E-state index contributed by atoms with van der Waals surface area (Å²) in [6.07, 6.45) is 0.702. The van der Waals surface area contributed by atoms with Gasteiger partial charge in [-0.2, -0.15) is 0 Å². The van der Waals surface area contributed by atoms with Crippen molar-refractivity contribution in [1.82, 2.24) is 30.2 Å². The first-order valence-corrected chi connectivity index (χ1v) is 15.4. The predicted molar refractivity (Wildman–Crippen MR) is 164 cm³/mol. The van der Waals surface area contributed by atoms with Crippen LogP contribution in [0.5, 0.6) is 0 Å². The summed E-state index contributed by atoms with van der Waals surface area (Å²) in [5, 5.41) is 10.7. The second kappa shape index (κ2) is 14.6. The lowest BCUT2D eigenvalue weighted by Gasteiger charge is -2.29.